The summed E-state index contributed by atoms with van der Waals surface area (Å²) >= 11 is 0. The fourth-order valence-electron chi connectivity index (χ4n) is 3.28. The number of Topliss-reactive ketones (excluding diaryl/α,β-unsaturated/α-hetero) is 1. The van der Waals surface area contributed by atoms with Crippen LogP contribution in [0.4, 0.5) is 10.1 Å². The van der Waals surface area contributed by atoms with Crippen molar-refractivity contribution in [1.82, 2.24) is 5.43 Å². The van der Waals surface area contributed by atoms with Gasteiger partial charge in [0.25, 0.3) is 5.91 Å². The van der Waals surface area contributed by atoms with Crippen LogP contribution in [0.5, 0.6) is 5.75 Å². The van der Waals surface area contributed by atoms with E-state index < -0.39 is 35.4 Å². The summed E-state index contributed by atoms with van der Waals surface area (Å²) in [5.74, 6) is -2.76. The Kier molecular flexibility index (Phi) is 3.95. The van der Waals surface area contributed by atoms with Crippen LogP contribution in [0.25, 0.3) is 0 Å². The van der Waals surface area contributed by atoms with Crippen LogP contribution in [-0.2, 0) is 9.59 Å². The Bertz CT molecular complexity index is 987. The van der Waals surface area contributed by atoms with Crippen LogP contribution >= 0.6 is 0 Å². The van der Waals surface area contributed by atoms with Crippen LogP contribution in [-0.4, -0.2) is 36.5 Å². The number of benzene rings is 2. The van der Waals surface area contributed by atoms with E-state index in [0.29, 0.717) is 11.4 Å². The Morgan fingerprint density at radius 1 is 1.11 bits per heavy atom. The SMILES string of the molecule is COc1ccccc1N1C(=O)[C@@H]2C(C(=O)c3ccc(F)cc3)=NN[C@H]2C1=O. The van der Waals surface area contributed by atoms with Crippen LogP contribution in [0.2, 0.25) is 0 Å². The fraction of sp³-hybridized carbons (Fsp3) is 0.158. The number of methoxy groups -OCH3 is 1. The number of nitrogens with one attached hydrogen (secondary N) is 1. The molecule has 0 unspecified atom stereocenters. The summed E-state index contributed by atoms with van der Waals surface area (Å²) in [6, 6.07) is 10.6. The normalized spacial score (nSPS) is 21.0. The molecule has 8 heteroatoms. The molecule has 2 aliphatic heterocycles. The van der Waals surface area contributed by atoms with Crippen molar-refractivity contribution in [3.05, 3.63) is 59.9 Å². The summed E-state index contributed by atoms with van der Waals surface area (Å²) in [4.78, 5) is 39.5. The number of carbonyl (C=O) groups excluding carboxylic acids is 3. The molecule has 2 aliphatic rings. The van der Waals surface area contributed by atoms with Gasteiger partial charge in [-0.15, -0.1) is 0 Å². The molecule has 0 aliphatic carbocycles. The van der Waals surface area contributed by atoms with Crippen molar-refractivity contribution in [2.75, 3.05) is 12.0 Å². The minimum atomic E-state index is -1.04. The molecule has 1 saturated heterocycles. The molecule has 7 nitrogen and oxygen atoms in total. The number of ketones is 1. The van der Waals surface area contributed by atoms with Gasteiger partial charge in [-0.1, -0.05) is 12.1 Å². The predicted molar refractivity (Wildman–Crippen MR) is 94.1 cm³/mol. The minimum Gasteiger partial charge on any atom is -0.495 e. The van der Waals surface area contributed by atoms with E-state index in [1.807, 2.05) is 0 Å². The van der Waals surface area contributed by atoms with Gasteiger partial charge in [-0.25, -0.2) is 9.29 Å². The molecule has 2 aromatic rings. The molecular formula is C19H14FN3O4. The van der Waals surface area contributed by atoms with Gasteiger partial charge in [-0.2, -0.15) is 5.10 Å². The average Bonchev–Trinajstić information content (AvgIpc) is 3.22. The van der Waals surface area contributed by atoms with Crippen LogP contribution in [0.3, 0.4) is 0 Å². The van der Waals surface area contributed by atoms with E-state index in [2.05, 4.69) is 10.5 Å². The van der Waals surface area contributed by atoms with Gasteiger partial charge in [0, 0.05) is 5.56 Å². The summed E-state index contributed by atoms with van der Waals surface area (Å²) in [6.45, 7) is 0. The minimum absolute atomic E-state index is 0.0673. The van der Waals surface area contributed by atoms with Crippen molar-refractivity contribution in [2.45, 2.75) is 6.04 Å². The number of rotatable bonds is 4. The Labute approximate surface area is 153 Å². The molecule has 136 valence electrons. The van der Waals surface area contributed by atoms with Crippen molar-refractivity contribution >= 4 is 29.0 Å². The lowest BCUT2D eigenvalue weighted by molar-refractivity contribution is -0.122. The number of para-hydroxylation sites is 2. The van der Waals surface area contributed by atoms with Crippen molar-refractivity contribution in [2.24, 2.45) is 11.0 Å². The lowest BCUT2D eigenvalue weighted by atomic mass is 9.93. The number of imide groups is 1. The quantitative estimate of drug-likeness (QED) is 0.654. The topological polar surface area (TPSA) is 88.1 Å². The van der Waals surface area contributed by atoms with Gasteiger partial charge in [-0.3, -0.25) is 19.8 Å². The van der Waals surface area contributed by atoms with Gasteiger partial charge < -0.3 is 4.74 Å². The molecule has 0 aromatic heterocycles. The van der Waals surface area contributed by atoms with Gasteiger partial charge in [-0.05, 0) is 36.4 Å². The number of halogens is 1. The smallest absolute Gasteiger partial charge is 0.259 e. The molecule has 0 radical (unpaired) electrons. The van der Waals surface area contributed by atoms with Gasteiger partial charge in [0.1, 0.15) is 29.2 Å². The largest absolute Gasteiger partial charge is 0.495 e. The van der Waals surface area contributed by atoms with E-state index in [4.69, 9.17) is 4.74 Å². The molecule has 0 bridgehead atoms. The molecule has 0 saturated carbocycles. The van der Waals surface area contributed by atoms with Crippen LogP contribution in [0.15, 0.2) is 53.6 Å². The predicted octanol–water partition coefficient (Wildman–Crippen LogP) is 1.53. The number of fused-ring (bicyclic) bond motifs is 1. The maximum absolute atomic E-state index is 13.1. The zero-order valence-electron chi connectivity index (χ0n) is 14.2. The Balaban J connectivity index is 1.68. The summed E-state index contributed by atoms with van der Waals surface area (Å²) in [6.07, 6.45) is 0. The first-order valence-electron chi connectivity index (χ1n) is 8.17. The zero-order chi connectivity index (χ0) is 19.1. The highest BCUT2D eigenvalue weighted by molar-refractivity contribution is 6.52. The number of ether oxygens (including phenoxy) is 1. The molecule has 0 spiro atoms. The maximum atomic E-state index is 13.1. The van der Waals surface area contributed by atoms with Crippen LogP contribution in [0.1, 0.15) is 10.4 Å². The summed E-state index contributed by atoms with van der Waals surface area (Å²) in [7, 11) is 1.44. The van der Waals surface area contributed by atoms with E-state index in [1.54, 1.807) is 24.3 Å². The van der Waals surface area contributed by atoms with Gasteiger partial charge in [0.15, 0.2) is 0 Å². The second-order valence-electron chi connectivity index (χ2n) is 6.10. The third kappa shape index (κ3) is 2.57. The molecule has 4 rings (SSSR count). The van der Waals surface area contributed by atoms with E-state index in [1.165, 1.54) is 19.2 Å². The number of nitrogens with zero attached hydrogens (tertiary/aromatic N) is 2. The maximum Gasteiger partial charge on any atom is 0.259 e. The van der Waals surface area contributed by atoms with Gasteiger partial charge >= 0.3 is 0 Å². The molecule has 2 heterocycles. The van der Waals surface area contributed by atoms with Crippen molar-refractivity contribution < 1.29 is 23.5 Å². The first-order valence-corrected chi connectivity index (χ1v) is 8.17. The third-order valence-corrected chi connectivity index (χ3v) is 4.59. The summed E-state index contributed by atoms with van der Waals surface area (Å²) in [5.41, 5.74) is 3.01. The van der Waals surface area contributed by atoms with E-state index in [-0.39, 0.29) is 11.3 Å². The zero-order valence-corrected chi connectivity index (χ0v) is 14.2. The third-order valence-electron chi connectivity index (χ3n) is 4.59. The van der Waals surface area contributed by atoms with E-state index in [9.17, 15) is 18.8 Å². The van der Waals surface area contributed by atoms with Crippen molar-refractivity contribution in [3.63, 3.8) is 0 Å². The van der Waals surface area contributed by atoms with Gasteiger partial charge in [0.05, 0.1) is 12.8 Å². The second kappa shape index (κ2) is 6.31. The number of hydrogen-bond donors (Lipinski definition) is 1. The first kappa shape index (κ1) is 16.9. The highest BCUT2D eigenvalue weighted by Crippen LogP contribution is 2.36. The standard InChI is InChI=1S/C19H14FN3O4/c1-27-13-5-3-2-4-12(13)23-18(25)14-15(21-22-16(14)19(23)26)17(24)10-6-8-11(20)9-7-10/h2-9,14,16,22H,1H3/t14-,16-/m1/s1. The summed E-state index contributed by atoms with van der Waals surface area (Å²) in [5, 5.41) is 3.91. The molecule has 27 heavy (non-hydrogen) atoms. The van der Waals surface area contributed by atoms with Crippen molar-refractivity contribution in [1.29, 1.82) is 0 Å². The van der Waals surface area contributed by atoms with E-state index in [0.717, 1.165) is 17.0 Å². The van der Waals surface area contributed by atoms with Crippen LogP contribution in [0, 0.1) is 11.7 Å². The average molecular weight is 367 g/mol. The lowest BCUT2D eigenvalue weighted by Crippen LogP contribution is -2.36. The summed E-state index contributed by atoms with van der Waals surface area (Å²) < 4.78 is 18.3. The lowest BCUT2D eigenvalue weighted by Gasteiger charge is -2.18. The number of carbonyl (C=O) groups is 3. The Morgan fingerprint density at radius 2 is 1.81 bits per heavy atom. The first-order chi connectivity index (χ1) is 13.0. The highest BCUT2D eigenvalue weighted by atomic mass is 19.1. The van der Waals surface area contributed by atoms with Crippen LogP contribution < -0.4 is 15.1 Å². The Hall–Kier alpha value is -3.55. The second-order valence-corrected chi connectivity index (χ2v) is 6.10. The van der Waals surface area contributed by atoms with Crippen molar-refractivity contribution in [3.8, 4) is 5.75 Å². The molecule has 1 N–H and O–H groups in total. The molecular weight excluding hydrogens is 353 g/mol. The van der Waals surface area contributed by atoms with Gasteiger partial charge in [0.2, 0.25) is 11.7 Å². The number of anilines is 1. The number of amides is 2. The molecule has 2 atom stereocenters. The molecule has 2 amide bonds. The fourth-order valence-corrected chi connectivity index (χ4v) is 3.28. The monoisotopic (exact) mass is 367 g/mol. The number of hydrogen-bond acceptors (Lipinski definition) is 6. The Morgan fingerprint density at radius 3 is 2.52 bits per heavy atom. The molecule has 1 fully saturated rings. The number of hydrazone groups is 1. The molecule has 2 aromatic carbocycles. The van der Waals surface area contributed by atoms with E-state index >= 15 is 0 Å². The highest BCUT2D eigenvalue weighted by Gasteiger charge is 2.55.